The summed E-state index contributed by atoms with van der Waals surface area (Å²) in [5.41, 5.74) is 8.08. The van der Waals surface area contributed by atoms with Crippen LogP contribution in [0.3, 0.4) is 0 Å². The number of hydrogen-bond donors (Lipinski definition) is 0. The summed E-state index contributed by atoms with van der Waals surface area (Å²) < 4.78 is 55.9. The van der Waals surface area contributed by atoms with Gasteiger partial charge in [0.15, 0.2) is 52.6 Å². The topological polar surface area (TPSA) is 89.5 Å². The maximum Gasteiger partial charge on any atom is 0.176 e. The van der Waals surface area contributed by atoms with Gasteiger partial charge in [-0.2, -0.15) is 0 Å². The van der Waals surface area contributed by atoms with Gasteiger partial charge in [0.05, 0.1) is 45.6 Å². The second-order valence-corrected chi connectivity index (χ2v) is 44.6. The van der Waals surface area contributed by atoms with Crippen molar-refractivity contribution in [3.8, 4) is 0 Å². The largest absolute Gasteiger partial charge is 0.452 e. The van der Waals surface area contributed by atoms with Crippen LogP contribution in [0.5, 0.6) is 0 Å². The highest BCUT2D eigenvalue weighted by Crippen LogP contribution is 2.63. The molecule has 4 heterocycles. The van der Waals surface area contributed by atoms with Crippen LogP contribution in [-0.2, 0) is 18.1 Å². The van der Waals surface area contributed by atoms with Crippen LogP contribution in [0, 0.1) is 71.0 Å². The minimum atomic E-state index is -1.89. The molecule has 12 aromatic carbocycles. The number of benzene rings is 12. The predicted molar refractivity (Wildman–Crippen MR) is 570 cm³/mol. The van der Waals surface area contributed by atoms with Crippen LogP contribution in [-0.4, -0.2) is 54.7 Å². The molecule has 16 aromatic rings. The first-order valence-electron chi connectivity index (χ1n) is 46.1. The SMILES string of the molecule is [BH3-][P+](O[C@@H]1C[C@H](C)CC[C@H]1C(C)C)(c1ccccc1)c1cccc2c1oc1ccccc12.[BH3-][P+](O[C@@H]1C[C@H](C)CC[C@H]1C(C)C)(c1ccccc1)c1cccc2c1oc1ccccc12.[BH3-][P+](O[C@@H]1C[C@H](C)CC[C@H]1C(C)C)(c1ccccc1)c1cccc2c1oc1ccccc12.[BH3-][P+](O[C@@H]1C[C@H](C)CC[C@H]1C(C)C)(c1ccccc1)c1cccc2c1oc1ccccc12. The summed E-state index contributed by atoms with van der Waals surface area (Å²) in [5.74, 6) is 8.12. The molecule has 8 nitrogen and oxygen atoms in total. The van der Waals surface area contributed by atoms with Crippen LogP contribution in [0.25, 0.3) is 87.8 Å². The number of rotatable bonds is 20. The normalized spacial score (nSPS) is 23.6. The van der Waals surface area contributed by atoms with Crippen LogP contribution in [0.15, 0.2) is 309 Å². The van der Waals surface area contributed by atoms with Crippen molar-refractivity contribution in [2.24, 2.45) is 71.0 Å². The monoisotopic (exact) mass is 1780 g/mol. The Kier molecular flexibility index (Phi) is 28.3. The van der Waals surface area contributed by atoms with Crippen molar-refractivity contribution in [1.82, 2.24) is 0 Å². The molecule has 4 fully saturated rings. The average molecular weight is 1780 g/mol. The Hall–Kier alpha value is -8.34. The third-order valence-corrected chi connectivity index (χ3v) is 35.3. The predicted octanol–water partition coefficient (Wildman–Crippen LogP) is 24.9. The standard InChI is InChI=1S/4C28H34BO2P/c4*1-19(2)22-17-16-20(3)18-26(22)31-32(29,21-10-5-4-6-11-21)27-15-9-13-24-23-12-7-8-14-25(23)30-28(24)27/h4*4-15,19-20,22,26H,16-18H2,1-3,29H3/t4*20-,22+,26-,32?/m1111/s1. The van der Waals surface area contributed by atoms with Crippen LogP contribution in [0.1, 0.15) is 160 Å². The quantitative estimate of drug-likeness (QED) is 0.0551. The van der Waals surface area contributed by atoms with Crippen molar-refractivity contribution >= 4 is 190 Å². The lowest BCUT2D eigenvalue weighted by Crippen LogP contribution is -2.38. The molecule has 0 aliphatic heterocycles. The Bertz CT molecular complexity index is 5650. The van der Waals surface area contributed by atoms with E-state index >= 15 is 0 Å². The molecule has 0 bridgehead atoms. The number of fused-ring (bicyclic) bond motifs is 12. The molecule has 0 saturated heterocycles. The van der Waals surface area contributed by atoms with Gasteiger partial charge in [-0.15, -0.1) is 0 Å². The van der Waals surface area contributed by atoms with Gasteiger partial charge in [0, 0.05) is 72.6 Å². The molecule has 0 amide bonds. The highest BCUT2D eigenvalue weighted by molar-refractivity contribution is 8.06. The second-order valence-electron chi connectivity index (χ2n) is 37.4. The molecule has 4 unspecified atom stereocenters. The van der Waals surface area contributed by atoms with Crippen molar-refractivity contribution in [1.29, 1.82) is 0 Å². The van der Waals surface area contributed by atoms with Gasteiger partial charge in [-0.25, -0.2) is 0 Å². The first-order chi connectivity index (χ1) is 61.9. The fraction of sp³-hybridized carbons (Fsp3) is 0.357. The molecule has 0 spiro atoms. The molecule has 0 radical (unpaired) electrons. The molecule has 664 valence electrons. The van der Waals surface area contributed by atoms with E-state index in [4.69, 9.17) is 35.8 Å². The van der Waals surface area contributed by atoms with Gasteiger partial charge in [-0.3, -0.25) is 18.1 Å². The van der Waals surface area contributed by atoms with E-state index < -0.39 is 29.5 Å². The van der Waals surface area contributed by atoms with Crippen molar-refractivity contribution in [3.05, 3.63) is 291 Å². The lowest BCUT2D eigenvalue weighted by atomic mass is 9.75. The first-order valence-corrected chi connectivity index (χ1v) is 51.2. The number of hydrogen-bond acceptors (Lipinski definition) is 8. The maximum atomic E-state index is 7.46. The third kappa shape index (κ3) is 18.8. The zero-order valence-corrected chi connectivity index (χ0v) is 78.1. The van der Waals surface area contributed by atoms with Gasteiger partial charge in [-0.1, -0.05) is 303 Å². The summed E-state index contributed by atoms with van der Waals surface area (Å²) in [6, 6.07) is 105. The minimum absolute atomic E-state index is 0.176. The van der Waals surface area contributed by atoms with E-state index in [1.165, 1.54) is 163 Å². The summed E-state index contributed by atoms with van der Waals surface area (Å²) in [6.07, 6.45) is 16.5. The van der Waals surface area contributed by atoms with Gasteiger partial charge >= 0.3 is 0 Å². The summed E-state index contributed by atoms with van der Waals surface area (Å²) in [4.78, 5) is 0. The minimum Gasteiger partial charge on any atom is -0.452 e. The molecule has 4 saturated carbocycles. The fourth-order valence-electron chi connectivity index (χ4n) is 20.3. The lowest BCUT2D eigenvalue weighted by molar-refractivity contribution is 0.0561. The Balaban J connectivity index is 0.000000120. The Labute approximate surface area is 767 Å². The second kappa shape index (κ2) is 39.6. The zero-order chi connectivity index (χ0) is 89.2. The highest BCUT2D eigenvalue weighted by Gasteiger charge is 2.49. The molecule has 0 N–H and O–H groups in total. The fourth-order valence-corrected chi connectivity index (χ4v) is 28.5. The van der Waals surface area contributed by atoms with Crippen molar-refractivity contribution in [2.75, 3.05) is 0 Å². The number of furan rings is 4. The van der Waals surface area contributed by atoms with Crippen LogP contribution in [0.4, 0.5) is 0 Å². The Morgan fingerprint density at radius 1 is 0.227 bits per heavy atom. The Morgan fingerprint density at radius 3 is 0.602 bits per heavy atom. The molecular formula is C112H136B4O8P4. The molecule has 4 aliphatic carbocycles. The van der Waals surface area contributed by atoms with Crippen molar-refractivity contribution in [2.45, 2.75) is 185 Å². The van der Waals surface area contributed by atoms with Crippen LogP contribution < -0.4 is 42.4 Å². The summed E-state index contributed by atoms with van der Waals surface area (Å²) >= 11 is 0. The van der Waals surface area contributed by atoms with Gasteiger partial charge in [-0.05, 0) is 219 Å². The van der Waals surface area contributed by atoms with E-state index in [0.717, 1.165) is 68.3 Å². The van der Waals surface area contributed by atoms with Gasteiger partial charge < -0.3 is 17.7 Å². The van der Waals surface area contributed by atoms with Crippen LogP contribution >= 0.6 is 29.5 Å². The van der Waals surface area contributed by atoms with Gasteiger partial charge in [0.1, 0.15) is 43.6 Å². The maximum absolute atomic E-state index is 7.46. The van der Waals surface area contributed by atoms with E-state index in [2.05, 4.69) is 374 Å². The van der Waals surface area contributed by atoms with E-state index in [-0.39, 0.29) is 30.3 Å². The third-order valence-electron chi connectivity index (χ3n) is 27.2. The molecule has 16 atom stereocenters. The molecular weight excluding hydrogens is 1640 g/mol. The molecule has 16 heteroatoms. The van der Waals surface area contributed by atoms with E-state index in [1.54, 1.807) is 0 Å². The molecule has 4 aliphatic rings. The average Bonchev–Trinajstić information content (AvgIpc) is 1.59. The molecule has 20 rings (SSSR count). The highest BCUT2D eigenvalue weighted by atomic mass is 31.2. The smallest absolute Gasteiger partial charge is 0.176 e. The van der Waals surface area contributed by atoms with Crippen molar-refractivity contribution < 1.29 is 35.8 Å². The number of para-hydroxylation sites is 8. The van der Waals surface area contributed by atoms with Crippen molar-refractivity contribution in [3.63, 3.8) is 0 Å². The first kappa shape index (κ1) is 91.5. The van der Waals surface area contributed by atoms with E-state index in [0.29, 0.717) is 71.8 Å². The summed E-state index contributed by atoms with van der Waals surface area (Å²) in [7, 11) is -8.27. The van der Waals surface area contributed by atoms with Crippen LogP contribution in [0.2, 0.25) is 0 Å². The van der Waals surface area contributed by atoms with Gasteiger partial charge in [0.2, 0.25) is 0 Å². The van der Waals surface area contributed by atoms with E-state index in [9.17, 15) is 0 Å². The zero-order valence-electron chi connectivity index (χ0n) is 74.5. The molecule has 4 aromatic heterocycles. The van der Waals surface area contributed by atoms with E-state index in [1.807, 2.05) is 0 Å². The lowest BCUT2D eigenvalue weighted by Gasteiger charge is -2.41. The molecule has 128 heavy (non-hydrogen) atoms. The van der Waals surface area contributed by atoms with Gasteiger partial charge in [0.25, 0.3) is 0 Å². The Morgan fingerprint density at radius 2 is 0.406 bits per heavy atom. The summed E-state index contributed by atoms with van der Waals surface area (Å²) in [5, 5.41) is 20.6. The summed E-state index contributed by atoms with van der Waals surface area (Å²) in [6.45, 7) is 28.6.